The highest BCUT2D eigenvalue weighted by Crippen LogP contribution is 2.65. The number of phenolic OH excluding ortho intramolecular Hbond substituents is 1. The summed E-state index contributed by atoms with van der Waals surface area (Å²) < 4.78 is 12.4. The minimum absolute atomic E-state index is 0.0612. The lowest BCUT2D eigenvalue weighted by Crippen LogP contribution is -2.53. The Morgan fingerprint density at radius 2 is 1.56 bits per heavy atom. The summed E-state index contributed by atoms with van der Waals surface area (Å²) in [4.78, 5) is 60.3. The number of ether oxygens (including phenoxy) is 2. The zero-order chi connectivity index (χ0) is 38.2. The third-order valence-corrected chi connectivity index (χ3v) is 12.8. The third kappa shape index (κ3) is 5.47. The lowest BCUT2D eigenvalue weighted by molar-refractivity contribution is -0.138. The molecule has 6 unspecified atom stereocenters. The molecule has 0 spiro atoms. The Morgan fingerprint density at radius 3 is 2.22 bits per heavy atom. The van der Waals surface area contributed by atoms with Crippen molar-refractivity contribution in [2.45, 2.75) is 24.2 Å². The molecule has 0 bridgehead atoms. The monoisotopic (exact) mass is 893 g/mol. The van der Waals surface area contributed by atoms with E-state index in [0.29, 0.717) is 37.6 Å². The second-order valence-corrected chi connectivity index (χ2v) is 16.4. The van der Waals surface area contributed by atoms with Crippen LogP contribution in [0.2, 0.25) is 10.0 Å². The summed E-state index contributed by atoms with van der Waals surface area (Å²) in [5.74, 6) is -5.65. The van der Waals surface area contributed by atoms with Crippen LogP contribution in [0, 0.1) is 23.7 Å². The van der Waals surface area contributed by atoms with Crippen LogP contribution in [0.3, 0.4) is 0 Å². The van der Waals surface area contributed by atoms with Gasteiger partial charge in [-0.2, -0.15) is 5.01 Å². The van der Waals surface area contributed by atoms with E-state index in [9.17, 15) is 19.5 Å². The number of anilines is 2. The van der Waals surface area contributed by atoms with Gasteiger partial charge < -0.3 is 14.6 Å². The Kier molecular flexibility index (Phi) is 9.31. The smallest absolute Gasteiger partial charge is 0.260 e. The molecule has 4 aliphatic rings. The van der Waals surface area contributed by atoms with E-state index in [1.165, 1.54) is 25.2 Å². The van der Waals surface area contributed by atoms with Crippen molar-refractivity contribution in [1.29, 1.82) is 0 Å². The Balaban J connectivity index is 1.36. The number of fused-ring (bicyclic) bond motifs is 4. The molecular weight excluding hydrogens is 865 g/mol. The molecule has 3 fully saturated rings. The van der Waals surface area contributed by atoms with Gasteiger partial charge in [0.15, 0.2) is 11.5 Å². The fraction of sp³-hybridized carbons (Fsp3) is 0.250. The first-order chi connectivity index (χ1) is 25.9. The lowest BCUT2D eigenvalue weighted by atomic mass is 9.49. The molecule has 10 nitrogen and oxygen atoms in total. The van der Waals surface area contributed by atoms with Crippen LogP contribution in [0.25, 0.3) is 0 Å². The number of rotatable bonds is 7. The summed E-state index contributed by atoms with van der Waals surface area (Å²) in [7, 11) is 2.95. The van der Waals surface area contributed by atoms with Gasteiger partial charge in [0, 0.05) is 25.4 Å². The van der Waals surface area contributed by atoms with E-state index in [1.54, 1.807) is 72.8 Å². The summed E-state index contributed by atoms with van der Waals surface area (Å²) in [6, 6.07) is 21.9. The van der Waals surface area contributed by atoms with Crippen LogP contribution in [-0.2, 0) is 24.6 Å². The number of phenols is 1. The summed E-state index contributed by atoms with van der Waals surface area (Å²) in [6.07, 6.45) is 2.20. The van der Waals surface area contributed by atoms with E-state index in [-0.39, 0.29) is 46.9 Å². The van der Waals surface area contributed by atoms with Crippen LogP contribution in [0.1, 0.15) is 29.9 Å². The fourth-order valence-corrected chi connectivity index (χ4v) is 10.2. The topological polar surface area (TPSA) is 125 Å². The van der Waals surface area contributed by atoms with Crippen LogP contribution >= 0.6 is 55.1 Å². The van der Waals surface area contributed by atoms with Crippen molar-refractivity contribution in [1.82, 2.24) is 5.01 Å². The molecule has 4 aromatic carbocycles. The van der Waals surface area contributed by atoms with E-state index in [0.717, 1.165) is 9.48 Å². The highest BCUT2D eigenvalue weighted by Gasteiger charge is 2.71. The number of benzene rings is 4. The van der Waals surface area contributed by atoms with Gasteiger partial charge >= 0.3 is 0 Å². The highest BCUT2D eigenvalue weighted by molar-refractivity contribution is 9.10. The van der Waals surface area contributed by atoms with Gasteiger partial charge in [-0.25, -0.2) is 0 Å². The summed E-state index contributed by atoms with van der Waals surface area (Å²) >= 11 is 19.7. The maximum absolute atomic E-state index is 15.5. The number of imide groups is 2. The molecule has 2 aliphatic carbocycles. The van der Waals surface area contributed by atoms with Gasteiger partial charge in [-0.15, -0.1) is 0 Å². The first-order valence-electron chi connectivity index (χ1n) is 17.0. The van der Waals surface area contributed by atoms with E-state index in [1.807, 2.05) is 6.08 Å². The first kappa shape index (κ1) is 36.6. The standard InChI is InChI=1S/C40H31Br2Cl2N3O7/c1-53-24-10-3-19(4-11-24)40-29(37(50)47(39(40)52)45-31-14-7-22(43)17-30(31)44)18-27-25(34(40)28-15-21(42)16-32(54-2)35(28)48)12-13-26-33(27)38(51)46(36(26)49)23-8-5-20(41)6-9-23/h3-12,14-17,26-27,29,33-34,45,48H,13,18H2,1-2H3. The molecule has 8 rings (SSSR count). The number of carbonyl (C=O) groups excluding carboxylic acids is 4. The molecule has 276 valence electrons. The van der Waals surface area contributed by atoms with Gasteiger partial charge in [-0.05, 0) is 91.1 Å². The predicted molar refractivity (Wildman–Crippen MR) is 210 cm³/mol. The largest absolute Gasteiger partial charge is 0.504 e. The molecule has 54 heavy (non-hydrogen) atoms. The summed E-state index contributed by atoms with van der Waals surface area (Å²) in [5, 5.41) is 13.5. The van der Waals surface area contributed by atoms with Crippen LogP contribution in [-0.4, -0.2) is 48.0 Å². The molecule has 4 amide bonds. The molecule has 6 atom stereocenters. The van der Waals surface area contributed by atoms with Gasteiger partial charge in [-0.1, -0.05) is 78.8 Å². The molecule has 14 heteroatoms. The maximum atomic E-state index is 15.5. The number of aromatic hydroxyl groups is 1. The number of nitrogens with one attached hydrogen (secondary N) is 1. The predicted octanol–water partition coefficient (Wildman–Crippen LogP) is 8.43. The number of hydrogen-bond acceptors (Lipinski definition) is 8. The van der Waals surface area contributed by atoms with Crippen LogP contribution < -0.4 is 19.8 Å². The quantitative estimate of drug-likeness (QED) is 0.140. The number of amides is 4. The summed E-state index contributed by atoms with van der Waals surface area (Å²) in [5.41, 5.74) is 3.51. The lowest BCUT2D eigenvalue weighted by Gasteiger charge is -2.50. The molecule has 2 N–H and O–H groups in total. The van der Waals surface area contributed by atoms with E-state index in [4.69, 9.17) is 32.7 Å². The normalized spacial score (nSPS) is 26.0. The molecule has 0 aromatic heterocycles. The molecule has 2 aliphatic heterocycles. The number of hydrazine groups is 1. The molecule has 2 heterocycles. The minimum Gasteiger partial charge on any atom is -0.504 e. The number of nitrogens with zero attached hydrogens (tertiary/aromatic N) is 2. The van der Waals surface area contributed by atoms with Crippen molar-refractivity contribution in [3.8, 4) is 17.2 Å². The Morgan fingerprint density at radius 1 is 0.833 bits per heavy atom. The van der Waals surface area contributed by atoms with E-state index >= 15 is 4.79 Å². The second-order valence-electron chi connectivity index (χ2n) is 13.7. The van der Waals surface area contributed by atoms with Crippen molar-refractivity contribution in [3.05, 3.63) is 121 Å². The average molecular weight is 896 g/mol. The Labute approximate surface area is 337 Å². The van der Waals surface area contributed by atoms with Crippen molar-refractivity contribution >= 4 is 90.1 Å². The van der Waals surface area contributed by atoms with Crippen LogP contribution in [0.15, 0.2) is 99.5 Å². The third-order valence-electron chi connectivity index (χ3n) is 11.3. The zero-order valence-electron chi connectivity index (χ0n) is 28.7. The number of methoxy groups -OCH3 is 2. The van der Waals surface area contributed by atoms with Crippen LogP contribution in [0.4, 0.5) is 11.4 Å². The van der Waals surface area contributed by atoms with Crippen molar-refractivity contribution in [3.63, 3.8) is 0 Å². The van der Waals surface area contributed by atoms with Gasteiger partial charge in [-0.3, -0.25) is 29.5 Å². The second kappa shape index (κ2) is 13.7. The molecule has 2 saturated heterocycles. The van der Waals surface area contributed by atoms with Gasteiger partial charge in [0.1, 0.15) is 5.75 Å². The number of hydrogen-bond donors (Lipinski definition) is 2. The van der Waals surface area contributed by atoms with Crippen molar-refractivity contribution in [2.24, 2.45) is 23.7 Å². The van der Waals surface area contributed by atoms with E-state index < -0.39 is 46.8 Å². The minimum atomic E-state index is -1.66. The highest BCUT2D eigenvalue weighted by atomic mass is 79.9. The molecule has 4 aromatic rings. The summed E-state index contributed by atoms with van der Waals surface area (Å²) in [6.45, 7) is 0. The first-order valence-corrected chi connectivity index (χ1v) is 19.4. The number of allylic oxidation sites excluding steroid dienone is 2. The molecular formula is C40H31Br2Cl2N3O7. The Bertz CT molecular complexity index is 2290. The molecule has 1 saturated carbocycles. The molecule has 0 radical (unpaired) electrons. The van der Waals surface area contributed by atoms with Gasteiger partial charge in [0.05, 0.1) is 53.8 Å². The van der Waals surface area contributed by atoms with Gasteiger partial charge in [0.2, 0.25) is 11.8 Å². The fourth-order valence-electron chi connectivity index (χ4n) is 9.00. The SMILES string of the molecule is COc1ccc(C23C(=O)N(Nc4ccc(Cl)cc4Cl)C(=O)C2CC2C(=CCC4C(=O)N(c5ccc(Br)cc5)C(=O)C42)C3c2cc(Br)cc(OC)c2O)cc1. The van der Waals surface area contributed by atoms with Crippen molar-refractivity contribution in [2.75, 3.05) is 24.5 Å². The van der Waals surface area contributed by atoms with Gasteiger partial charge in [0.25, 0.3) is 11.8 Å². The average Bonchev–Trinajstić information content (AvgIpc) is 3.54. The van der Waals surface area contributed by atoms with Crippen molar-refractivity contribution < 1.29 is 33.8 Å². The van der Waals surface area contributed by atoms with Crippen LogP contribution in [0.5, 0.6) is 17.2 Å². The Hall–Kier alpha value is -4.36. The maximum Gasteiger partial charge on any atom is 0.260 e. The number of halogens is 4. The van der Waals surface area contributed by atoms with E-state index in [2.05, 4.69) is 37.3 Å². The number of carbonyl (C=O) groups is 4. The zero-order valence-corrected chi connectivity index (χ0v) is 33.4.